The Balaban J connectivity index is 2.31. The van der Waals surface area contributed by atoms with Gasteiger partial charge in [0.2, 0.25) is 0 Å². The highest BCUT2D eigenvalue weighted by molar-refractivity contribution is 7.93. The van der Waals surface area contributed by atoms with Crippen LogP contribution in [0.4, 0.5) is 18.9 Å². The van der Waals surface area contributed by atoms with Gasteiger partial charge in [-0.1, -0.05) is 47.4 Å². The summed E-state index contributed by atoms with van der Waals surface area (Å²) < 4.78 is 62.5. The van der Waals surface area contributed by atoms with Crippen LogP contribution in [0.5, 0.6) is 0 Å². The molecule has 0 aromatic heterocycles. The number of oxime groups is 1. The van der Waals surface area contributed by atoms with Gasteiger partial charge < -0.3 is 4.84 Å². The molecule has 1 N–H and O–H groups in total. The lowest BCUT2D eigenvalue weighted by atomic mass is 10.1. The third-order valence-corrected chi connectivity index (χ3v) is 5.04. The van der Waals surface area contributed by atoms with Crippen molar-refractivity contribution in [2.45, 2.75) is 25.5 Å². The van der Waals surface area contributed by atoms with Gasteiger partial charge in [0.1, 0.15) is 6.61 Å². The first-order chi connectivity index (χ1) is 13.0. The van der Waals surface area contributed by atoms with Gasteiger partial charge in [-0.2, -0.15) is 21.6 Å². The van der Waals surface area contributed by atoms with Crippen molar-refractivity contribution < 1.29 is 26.4 Å². The molecule has 0 spiro atoms. The van der Waals surface area contributed by atoms with Crippen LogP contribution in [0.1, 0.15) is 24.5 Å². The summed E-state index contributed by atoms with van der Waals surface area (Å²) in [6.07, 6.45) is 0.247. The second kappa shape index (κ2) is 9.02. The molecule has 0 radical (unpaired) electrons. The fourth-order valence-electron chi connectivity index (χ4n) is 2.16. The van der Waals surface area contributed by atoms with Crippen molar-refractivity contribution in [3.8, 4) is 0 Å². The van der Waals surface area contributed by atoms with Crippen LogP contribution in [-0.4, -0.2) is 19.6 Å². The lowest BCUT2D eigenvalue weighted by Crippen LogP contribution is -2.30. The maximum absolute atomic E-state index is 12.7. The zero-order chi connectivity index (χ0) is 20.9. The number of hydrogen-bond acceptors (Lipinski definition) is 4. The van der Waals surface area contributed by atoms with Crippen molar-refractivity contribution in [3.05, 3.63) is 63.6 Å². The van der Waals surface area contributed by atoms with E-state index in [0.717, 1.165) is 11.6 Å². The van der Waals surface area contributed by atoms with E-state index < -0.39 is 15.5 Å². The third kappa shape index (κ3) is 5.76. The molecule has 5 nitrogen and oxygen atoms in total. The van der Waals surface area contributed by atoms with E-state index in [9.17, 15) is 21.6 Å². The fourth-order valence-corrected chi connectivity index (χ4v) is 3.13. The van der Waals surface area contributed by atoms with Crippen molar-refractivity contribution in [2.24, 2.45) is 5.16 Å². The SMILES string of the molecule is CC/C(=N\OCc1cccc(Cl)c1)c1cc(Cl)ccc1NS(=O)(=O)C(F)(F)F. The van der Waals surface area contributed by atoms with E-state index in [-0.39, 0.29) is 35.0 Å². The summed E-state index contributed by atoms with van der Waals surface area (Å²) in [7, 11) is -5.60. The minimum atomic E-state index is -5.60. The second-order valence-corrected chi connectivity index (χ2v) is 8.08. The van der Waals surface area contributed by atoms with Crippen molar-refractivity contribution in [1.29, 1.82) is 0 Å². The van der Waals surface area contributed by atoms with Crippen molar-refractivity contribution in [1.82, 2.24) is 0 Å². The van der Waals surface area contributed by atoms with E-state index in [1.165, 1.54) is 16.9 Å². The first kappa shape index (κ1) is 22.3. The second-order valence-electron chi connectivity index (χ2n) is 5.54. The van der Waals surface area contributed by atoms with Gasteiger partial charge in [0, 0.05) is 15.6 Å². The molecule has 11 heteroatoms. The standard InChI is InChI=1S/C17H15Cl2F3N2O3S/c1-2-15(23-27-10-11-4-3-5-12(18)8-11)14-9-13(19)6-7-16(14)24-28(25,26)17(20,21)22/h3-9,24H,2,10H2,1H3/b23-15+. The minimum Gasteiger partial charge on any atom is -0.391 e. The van der Waals surface area contributed by atoms with Crippen LogP contribution in [0.2, 0.25) is 10.0 Å². The maximum Gasteiger partial charge on any atom is 0.516 e. The number of sulfonamides is 1. The number of halogens is 5. The van der Waals surface area contributed by atoms with Crippen LogP contribution in [0, 0.1) is 0 Å². The monoisotopic (exact) mass is 454 g/mol. The minimum absolute atomic E-state index is 0.0637. The van der Waals surface area contributed by atoms with Crippen LogP contribution >= 0.6 is 23.2 Å². The molecule has 0 bridgehead atoms. The average molecular weight is 455 g/mol. The molecule has 0 atom stereocenters. The molecule has 0 saturated heterocycles. The van der Waals surface area contributed by atoms with Gasteiger partial charge in [0.15, 0.2) is 0 Å². The Bertz CT molecular complexity index is 980. The summed E-state index contributed by atoms with van der Waals surface area (Å²) in [5.74, 6) is 0. The van der Waals surface area contributed by atoms with Gasteiger partial charge in [0.05, 0.1) is 11.4 Å². The maximum atomic E-state index is 12.7. The van der Waals surface area contributed by atoms with Gasteiger partial charge in [-0.25, -0.2) is 0 Å². The average Bonchev–Trinajstić information content (AvgIpc) is 2.59. The Kier molecular flexibility index (Phi) is 7.19. The molecule has 0 saturated carbocycles. The zero-order valence-corrected chi connectivity index (χ0v) is 16.8. The van der Waals surface area contributed by atoms with E-state index in [1.54, 1.807) is 31.2 Å². The van der Waals surface area contributed by atoms with Gasteiger partial charge >= 0.3 is 15.5 Å². The third-order valence-electron chi connectivity index (χ3n) is 3.47. The molecule has 152 valence electrons. The number of benzene rings is 2. The predicted octanol–water partition coefficient (Wildman–Crippen LogP) is 5.59. The highest BCUT2D eigenvalue weighted by Crippen LogP contribution is 2.29. The Labute approximate surface area is 170 Å². The highest BCUT2D eigenvalue weighted by atomic mass is 35.5. The van der Waals surface area contributed by atoms with E-state index in [2.05, 4.69) is 5.16 Å². The topological polar surface area (TPSA) is 67.8 Å². The van der Waals surface area contributed by atoms with Crippen molar-refractivity contribution in [2.75, 3.05) is 4.72 Å². The summed E-state index contributed by atoms with van der Waals surface area (Å²) in [4.78, 5) is 5.26. The molecule has 0 aliphatic rings. The van der Waals surface area contributed by atoms with Crippen LogP contribution in [0.15, 0.2) is 47.6 Å². The number of anilines is 1. The number of nitrogens with one attached hydrogen (secondary N) is 1. The summed E-state index contributed by atoms with van der Waals surface area (Å²) in [5, 5.41) is 4.64. The van der Waals surface area contributed by atoms with Crippen molar-refractivity contribution in [3.63, 3.8) is 0 Å². The molecule has 0 aliphatic heterocycles. The van der Waals surface area contributed by atoms with Crippen molar-refractivity contribution >= 4 is 44.6 Å². The molecule has 0 heterocycles. The number of nitrogens with zero attached hydrogens (tertiary/aromatic N) is 1. The Hall–Kier alpha value is -1.97. The van der Waals surface area contributed by atoms with Crippen LogP contribution in [-0.2, 0) is 21.5 Å². The Morgan fingerprint density at radius 3 is 2.43 bits per heavy atom. The molecule has 2 rings (SSSR count). The fraction of sp³-hybridized carbons (Fsp3) is 0.235. The number of rotatable bonds is 7. The lowest BCUT2D eigenvalue weighted by molar-refractivity contribution is -0.0429. The molecule has 2 aromatic carbocycles. The summed E-state index contributed by atoms with van der Waals surface area (Å²) in [6, 6.07) is 10.5. The summed E-state index contributed by atoms with van der Waals surface area (Å²) >= 11 is 11.8. The lowest BCUT2D eigenvalue weighted by Gasteiger charge is -2.15. The van der Waals surface area contributed by atoms with Crippen LogP contribution in [0.3, 0.4) is 0 Å². The smallest absolute Gasteiger partial charge is 0.391 e. The largest absolute Gasteiger partial charge is 0.516 e. The zero-order valence-electron chi connectivity index (χ0n) is 14.4. The predicted molar refractivity (Wildman–Crippen MR) is 103 cm³/mol. The van der Waals surface area contributed by atoms with E-state index in [0.29, 0.717) is 5.02 Å². The van der Waals surface area contributed by atoms with Gasteiger partial charge in [-0.15, -0.1) is 0 Å². The molecular weight excluding hydrogens is 440 g/mol. The van der Waals surface area contributed by atoms with Crippen LogP contribution < -0.4 is 4.72 Å². The summed E-state index contributed by atoms with van der Waals surface area (Å²) in [6.45, 7) is 1.75. The van der Waals surface area contributed by atoms with E-state index in [4.69, 9.17) is 28.0 Å². The first-order valence-electron chi connectivity index (χ1n) is 7.85. The molecule has 0 unspecified atom stereocenters. The summed E-state index contributed by atoms with van der Waals surface area (Å²) in [5.41, 5.74) is -4.75. The van der Waals surface area contributed by atoms with Gasteiger partial charge in [-0.3, -0.25) is 4.72 Å². The normalized spacial score (nSPS) is 12.7. The number of alkyl halides is 3. The van der Waals surface area contributed by atoms with E-state index in [1.807, 2.05) is 0 Å². The van der Waals surface area contributed by atoms with Crippen LogP contribution in [0.25, 0.3) is 0 Å². The Morgan fingerprint density at radius 1 is 1.14 bits per heavy atom. The number of hydrogen-bond donors (Lipinski definition) is 1. The Morgan fingerprint density at radius 2 is 1.82 bits per heavy atom. The molecule has 2 aromatic rings. The van der Waals surface area contributed by atoms with Gasteiger partial charge in [0.25, 0.3) is 0 Å². The molecule has 0 aliphatic carbocycles. The highest BCUT2D eigenvalue weighted by Gasteiger charge is 2.46. The molecule has 0 amide bonds. The quantitative estimate of drug-likeness (QED) is 0.438. The molecule has 28 heavy (non-hydrogen) atoms. The van der Waals surface area contributed by atoms with Gasteiger partial charge in [-0.05, 0) is 42.3 Å². The molecule has 0 fully saturated rings. The molecular formula is C17H15Cl2F3N2O3S. The first-order valence-corrected chi connectivity index (χ1v) is 10.1. The van der Waals surface area contributed by atoms with E-state index >= 15 is 0 Å².